The van der Waals surface area contributed by atoms with Gasteiger partial charge >= 0.3 is 0 Å². The average Bonchev–Trinajstić information content (AvgIpc) is 2.57. The van der Waals surface area contributed by atoms with Crippen molar-refractivity contribution < 1.29 is 14.2 Å². The molecule has 1 aliphatic rings. The summed E-state index contributed by atoms with van der Waals surface area (Å²) >= 11 is 0. The van der Waals surface area contributed by atoms with Crippen molar-refractivity contribution in [3.8, 4) is 0 Å². The van der Waals surface area contributed by atoms with Crippen molar-refractivity contribution in [2.75, 3.05) is 40.5 Å². The Morgan fingerprint density at radius 2 is 2.06 bits per heavy atom. The molecule has 0 aromatic carbocycles. The Morgan fingerprint density at radius 3 is 2.67 bits per heavy atom. The molecule has 1 aliphatic heterocycles. The van der Waals surface area contributed by atoms with Crippen LogP contribution in [0.25, 0.3) is 0 Å². The first-order valence-electron chi connectivity index (χ1n) is 6.95. The Kier molecular flexibility index (Phi) is 6.57. The van der Waals surface area contributed by atoms with Gasteiger partial charge in [-0.25, -0.2) is 0 Å². The van der Waals surface area contributed by atoms with E-state index in [1.165, 1.54) is 0 Å². The summed E-state index contributed by atoms with van der Waals surface area (Å²) in [6, 6.07) is 0. The highest BCUT2D eigenvalue weighted by Crippen LogP contribution is 2.30. The van der Waals surface area contributed by atoms with Crippen LogP contribution in [0.3, 0.4) is 0 Å². The molecule has 1 rings (SSSR count). The lowest BCUT2D eigenvalue weighted by atomic mass is 10.0. The van der Waals surface area contributed by atoms with Gasteiger partial charge in [-0.05, 0) is 33.4 Å². The smallest absolute Gasteiger partial charge is 0.166 e. The van der Waals surface area contributed by atoms with Crippen LogP contribution in [0.15, 0.2) is 0 Å². The van der Waals surface area contributed by atoms with Crippen LogP contribution in [-0.2, 0) is 14.2 Å². The number of nitrogens with zero attached hydrogens (tertiary/aromatic N) is 1. The third-order valence-electron chi connectivity index (χ3n) is 3.04. The van der Waals surface area contributed by atoms with E-state index < -0.39 is 0 Å². The fourth-order valence-corrected chi connectivity index (χ4v) is 2.24. The molecule has 1 heterocycles. The van der Waals surface area contributed by atoms with Gasteiger partial charge in [0.2, 0.25) is 0 Å². The predicted molar refractivity (Wildman–Crippen MR) is 72.7 cm³/mol. The van der Waals surface area contributed by atoms with Gasteiger partial charge < -0.3 is 19.1 Å². The summed E-state index contributed by atoms with van der Waals surface area (Å²) in [5, 5.41) is 0. The number of hydrogen-bond donors (Lipinski definition) is 0. The molecular weight excluding hydrogens is 230 g/mol. The first-order chi connectivity index (χ1) is 8.41. The van der Waals surface area contributed by atoms with E-state index in [0.29, 0.717) is 12.5 Å². The van der Waals surface area contributed by atoms with Crippen LogP contribution in [0.5, 0.6) is 0 Å². The van der Waals surface area contributed by atoms with Gasteiger partial charge in [-0.1, -0.05) is 13.8 Å². The van der Waals surface area contributed by atoms with Crippen LogP contribution in [0, 0.1) is 5.92 Å². The Labute approximate surface area is 112 Å². The van der Waals surface area contributed by atoms with Gasteiger partial charge in [0.15, 0.2) is 5.79 Å². The molecule has 108 valence electrons. The zero-order valence-corrected chi connectivity index (χ0v) is 12.6. The second-order valence-corrected chi connectivity index (χ2v) is 5.99. The Balaban J connectivity index is 2.11. The molecule has 1 fully saturated rings. The lowest BCUT2D eigenvalue weighted by Crippen LogP contribution is -2.29. The van der Waals surface area contributed by atoms with E-state index in [9.17, 15) is 0 Å². The molecule has 0 radical (unpaired) electrons. The maximum absolute atomic E-state index is 5.97. The molecule has 1 saturated heterocycles. The van der Waals surface area contributed by atoms with Crippen LogP contribution >= 0.6 is 0 Å². The van der Waals surface area contributed by atoms with Gasteiger partial charge in [-0.2, -0.15) is 0 Å². The third-order valence-corrected chi connectivity index (χ3v) is 3.04. The van der Waals surface area contributed by atoms with Crippen LogP contribution in [0.1, 0.15) is 33.6 Å². The molecule has 0 aromatic rings. The zero-order valence-electron chi connectivity index (χ0n) is 12.6. The molecule has 0 amide bonds. The average molecular weight is 259 g/mol. The van der Waals surface area contributed by atoms with Crippen molar-refractivity contribution in [2.45, 2.75) is 45.5 Å². The molecule has 0 aliphatic carbocycles. The summed E-state index contributed by atoms with van der Waals surface area (Å²) in [7, 11) is 4.10. The van der Waals surface area contributed by atoms with Gasteiger partial charge in [-0.15, -0.1) is 0 Å². The molecule has 18 heavy (non-hydrogen) atoms. The summed E-state index contributed by atoms with van der Waals surface area (Å²) in [5.74, 6) is 0.202. The number of likely N-dealkylation sites (N-methyl/N-ethyl adjacent to an activating group) is 1. The Morgan fingerprint density at radius 1 is 1.33 bits per heavy atom. The molecule has 4 nitrogen and oxygen atoms in total. The fourth-order valence-electron chi connectivity index (χ4n) is 2.24. The number of rotatable bonds is 8. The van der Waals surface area contributed by atoms with Gasteiger partial charge in [-0.3, -0.25) is 0 Å². The van der Waals surface area contributed by atoms with Gasteiger partial charge in [0, 0.05) is 19.6 Å². The molecular formula is C14H29NO3. The maximum Gasteiger partial charge on any atom is 0.166 e. The monoisotopic (exact) mass is 259 g/mol. The summed E-state index contributed by atoms with van der Waals surface area (Å²) in [6.07, 6.45) is 2.06. The van der Waals surface area contributed by atoms with Crippen LogP contribution in [0.2, 0.25) is 0 Å². The zero-order chi connectivity index (χ0) is 13.6. The van der Waals surface area contributed by atoms with Gasteiger partial charge in [0.05, 0.1) is 19.3 Å². The number of ether oxygens (including phenoxy) is 3. The summed E-state index contributed by atoms with van der Waals surface area (Å²) < 4.78 is 17.3. The molecule has 2 atom stereocenters. The van der Waals surface area contributed by atoms with Crippen molar-refractivity contribution in [2.24, 2.45) is 5.92 Å². The lowest BCUT2D eigenvalue weighted by Gasteiger charge is -2.25. The van der Waals surface area contributed by atoms with Crippen molar-refractivity contribution >= 4 is 0 Å². The molecule has 2 unspecified atom stereocenters. The standard InChI is InChI=1S/C14H29NO3/c1-12(2)10-14(3)17-11-13(18-14)6-8-16-9-7-15(4)5/h12-13H,6-11H2,1-5H3. The SMILES string of the molecule is CC(C)CC1(C)OCC(CCOCCN(C)C)O1. The quantitative estimate of drug-likeness (QED) is 0.625. The second-order valence-electron chi connectivity index (χ2n) is 5.99. The molecule has 0 aromatic heterocycles. The maximum atomic E-state index is 5.97. The topological polar surface area (TPSA) is 30.9 Å². The first-order valence-corrected chi connectivity index (χ1v) is 6.95. The van der Waals surface area contributed by atoms with E-state index in [0.717, 1.165) is 32.6 Å². The highest BCUT2D eigenvalue weighted by Gasteiger charge is 2.37. The molecule has 0 spiro atoms. The van der Waals surface area contributed by atoms with E-state index in [4.69, 9.17) is 14.2 Å². The van der Waals surface area contributed by atoms with E-state index in [1.54, 1.807) is 0 Å². The highest BCUT2D eigenvalue weighted by atomic mass is 16.7. The number of hydrogen-bond acceptors (Lipinski definition) is 4. The molecule has 4 heteroatoms. The largest absolute Gasteiger partial charge is 0.380 e. The minimum Gasteiger partial charge on any atom is -0.380 e. The molecule has 0 saturated carbocycles. The van der Waals surface area contributed by atoms with Gasteiger partial charge in [0.1, 0.15) is 0 Å². The van der Waals surface area contributed by atoms with Crippen molar-refractivity contribution in [1.82, 2.24) is 4.90 Å². The van der Waals surface area contributed by atoms with Crippen molar-refractivity contribution in [1.29, 1.82) is 0 Å². The molecule has 0 bridgehead atoms. The first kappa shape index (κ1) is 15.9. The minimum atomic E-state index is -0.386. The Bertz CT molecular complexity index is 233. The minimum absolute atomic E-state index is 0.188. The third kappa shape index (κ3) is 6.14. The van der Waals surface area contributed by atoms with E-state index in [2.05, 4.69) is 32.8 Å². The van der Waals surface area contributed by atoms with Crippen molar-refractivity contribution in [3.63, 3.8) is 0 Å². The van der Waals surface area contributed by atoms with E-state index in [-0.39, 0.29) is 11.9 Å². The second kappa shape index (κ2) is 7.43. The van der Waals surface area contributed by atoms with Crippen LogP contribution < -0.4 is 0 Å². The molecule has 0 N–H and O–H groups in total. The predicted octanol–water partition coefficient (Wildman–Crippen LogP) is 2.13. The summed E-state index contributed by atoms with van der Waals surface area (Å²) in [5.41, 5.74) is 0. The van der Waals surface area contributed by atoms with Crippen LogP contribution in [-0.4, -0.2) is 57.3 Å². The van der Waals surface area contributed by atoms with E-state index in [1.807, 2.05) is 6.92 Å². The van der Waals surface area contributed by atoms with E-state index >= 15 is 0 Å². The lowest BCUT2D eigenvalue weighted by molar-refractivity contribution is -0.165. The van der Waals surface area contributed by atoms with Gasteiger partial charge in [0.25, 0.3) is 0 Å². The van der Waals surface area contributed by atoms with Crippen molar-refractivity contribution in [3.05, 3.63) is 0 Å². The summed E-state index contributed by atoms with van der Waals surface area (Å²) in [6.45, 7) is 9.61. The fraction of sp³-hybridized carbons (Fsp3) is 1.00. The highest BCUT2D eigenvalue weighted by molar-refractivity contribution is 4.76. The Hall–Kier alpha value is -0.160. The normalized spacial score (nSPS) is 28.5. The summed E-state index contributed by atoms with van der Waals surface area (Å²) in [4.78, 5) is 2.12. The van der Waals surface area contributed by atoms with Crippen LogP contribution in [0.4, 0.5) is 0 Å².